The molecule has 1 aliphatic heterocycles. The van der Waals surface area contributed by atoms with Crippen molar-refractivity contribution in [3.05, 3.63) is 17.8 Å². The summed E-state index contributed by atoms with van der Waals surface area (Å²) >= 11 is 0. The van der Waals surface area contributed by atoms with Crippen LogP contribution in [0.15, 0.2) is 12.3 Å². The van der Waals surface area contributed by atoms with Crippen LogP contribution in [0, 0.1) is 0 Å². The fourth-order valence-corrected chi connectivity index (χ4v) is 1.96. The molecule has 0 radical (unpaired) electrons. The van der Waals surface area contributed by atoms with E-state index in [1.54, 1.807) is 6.92 Å². The predicted octanol–water partition coefficient (Wildman–Crippen LogP) is 0.965. The summed E-state index contributed by atoms with van der Waals surface area (Å²) in [6.45, 7) is 4.04. The highest BCUT2D eigenvalue weighted by molar-refractivity contribution is 5.96. The third-order valence-electron chi connectivity index (χ3n) is 3.01. The van der Waals surface area contributed by atoms with Gasteiger partial charge in [-0.15, -0.1) is 0 Å². The molecule has 2 heterocycles. The number of pyridine rings is 1. The number of nitrogens with one attached hydrogen (secondary N) is 1. The largest absolute Gasteiger partial charge is 0.478 e. The Labute approximate surface area is 116 Å². The first-order valence-electron chi connectivity index (χ1n) is 6.47. The van der Waals surface area contributed by atoms with Crippen LogP contribution in [0.3, 0.4) is 0 Å². The third kappa shape index (κ3) is 3.24. The van der Waals surface area contributed by atoms with Gasteiger partial charge in [-0.3, -0.25) is 4.79 Å². The molecule has 0 saturated carbocycles. The van der Waals surface area contributed by atoms with Crippen LogP contribution in [0.4, 0.5) is 11.5 Å². The van der Waals surface area contributed by atoms with Crippen molar-refractivity contribution in [1.29, 1.82) is 0 Å². The van der Waals surface area contributed by atoms with Crippen LogP contribution in [0.25, 0.3) is 0 Å². The van der Waals surface area contributed by atoms with Gasteiger partial charge in [0.05, 0.1) is 25.1 Å². The van der Waals surface area contributed by atoms with Crippen LogP contribution in [0.1, 0.15) is 23.7 Å². The number of hydrogen-bond donors (Lipinski definition) is 2. The van der Waals surface area contributed by atoms with Crippen molar-refractivity contribution in [3.63, 3.8) is 0 Å². The summed E-state index contributed by atoms with van der Waals surface area (Å²) in [6.07, 6.45) is 1.80. The first kappa shape index (κ1) is 14.3. The second-order valence-electron chi connectivity index (χ2n) is 4.40. The summed E-state index contributed by atoms with van der Waals surface area (Å²) in [6, 6.07) is 1.44. The quantitative estimate of drug-likeness (QED) is 0.853. The molecule has 2 rings (SSSR count). The molecule has 0 bridgehead atoms. The molecular formula is C13H17N3O4. The predicted molar refractivity (Wildman–Crippen MR) is 73.1 cm³/mol. The van der Waals surface area contributed by atoms with E-state index in [-0.39, 0.29) is 11.5 Å². The number of carbonyl (C=O) groups excluding carboxylic acids is 1. The topological polar surface area (TPSA) is 91.8 Å². The molecule has 1 amide bonds. The molecule has 1 aliphatic rings. The zero-order chi connectivity index (χ0) is 14.5. The lowest BCUT2D eigenvalue weighted by atomic mass is 10.2. The summed E-state index contributed by atoms with van der Waals surface area (Å²) in [4.78, 5) is 28.8. The second kappa shape index (κ2) is 6.33. The SMILES string of the molecule is CCC(=O)Nc1cnc(N2CCOCC2)c(C(=O)O)c1. The van der Waals surface area contributed by atoms with Crippen molar-refractivity contribution >= 4 is 23.4 Å². The van der Waals surface area contributed by atoms with Gasteiger partial charge in [0, 0.05) is 19.5 Å². The lowest BCUT2D eigenvalue weighted by molar-refractivity contribution is -0.115. The van der Waals surface area contributed by atoms with E-state index in [4.69, 9.17) is 4.74 Å². The Balaban J connectivity index is 2.27. The van der Waals surface area contributed by atoms with Gasteiger partial charge >= 0.3 is 5.97 Å². The number of amides is 1. The van der Waals surface area contributed by atoms with Crippen LogP contribution in [0.5, 0.6) is 0 Å². The van der Waals surface area contributed by atoms with Gasteiger partial charge in [0.15, 0.2) is 0 Å². The molecule has 0 aromatic carbocycles. The van der Waals surface area contributed by atoms with Gasteiger partial charge in [-0.05, 0) is 6.07 Å². The summed E-state index contributed by atoms with van der Waals surface area (Å²) < 4.78 is 5.24. The fraction of sp³-hybridized carbons (Fsp3) is 0.462. The van der Waals surface area contributed by atoms with Crippen LogP contribution in [-0.2, 0) is 9.53 Å². The number of nitrogens with zero attached hydrogens (tertiary/aromatic N) is 2. The second-order valence-corrected chi connectivity index (χ2v) is 4.40. The zero-order valence-electron chi connectivity index (χ0n) is 11.3. The lowest BCUT2D eigenvalue weighted by Gasteiger charge is -2.28. The van der Waals surface area contributed by atoms with Crippen molar-refractivity contribution < 1.29 is 19.4 Å². The van der Waals surface area contributed by atoms with Gasteiger partial charge < -0.3 is 20.1 Å². The van der Waals surface area contributed by atoms with Crippen molar-refractivity contribution in [2.24, 2.45) is 0 Å². The number of carbonyl (C=O) groups is 2. The minimum atomic E-state index is -1.06. The van der Waals surface area contributed by atoms with E-state index >= 15 is 0 Å². The standard InChI is InChI=1S/C13H17N3O4/c1-2-11(17)15-9-7-10(13(18)19)12(14-8-9)16-3-5-20-6-4-16/h7-8H,2-6H2,1H3,(H,15,17)(H,18,19). The minimum absolute atomic E-state index is 0.0841. The van der Waals surface area contributed by atoms with Gasteiger partial charge in [-0.1, -0.05) is 6.92 Å². The van der Waals surface area contributed by atoms with E-state index in [9.17, 15) is 14.7 Å². The van der Waals surface area contributed by atoms with E-state index in [1.807, 2.05) is 4.90 Å². The third-order valence-corrected chi connectivity index (χ3v) is 3.01. The molecule has 0 atom stereocenters. The Morgan fingerprint density at radius 1 is 1.45 bits per heavy atom. The molecule has 108 valence electrons. The van der Waals surface area contributed by atoms with Crippen LogP contribution in [-0.4, -0.2) is 48.3 Å². The molecule has 0 aliphatic carbocycles. The first-order chi connectivity index (χ1) is 9.61. The number of anilines is 2. The average molecular weight is 279 g/mol. The molecule has 1 aromatic rings. The highest BCUT2D eigenvalue weighted by atomic mass is 16.5. The Hall–Kier alpha value is -2.15. The molecule has 0 spiro atoms. The normalized spacial score (nSPS) is 14.9. The smallest absolute Gasteiger partial charge is 0.339 e. The maximum absolute atomic E-state index is 11.4. The van der Waals surface area contributed by atoms with Crippen molar-refractivity contribution in [1.82, 2.24) is 4.98 Å². The van der Waals surface area contributed by atoms with Crippen molar-refractivity contribution in [2.75, 3.05) is 36.5 Å². The molecular weight excluding hydrogens is 262 g/mol. The van der Waals surface area contributed by atoms with Crippen LogP contribution in [0.2, 0.25) is 0 Å². The van der Waals surface area contributed by atoms with E-state index in [0.717, 1.165) is 0 Å². The van der Waals surface area contributed by atoms with Crippen molar-refractivity contribution in [2.45, 2.75) is 13.3 Å². The van der Waals surface area contributed by atoms with Crippen LogP contribution >= 0.6 is 0 Å². The van der Waals surface area contributed by atoms with Gasteiger partial charge in [0.2, 0.25) is 5.91 Å². The summed E-state index contributed by atoms with van der Waals surface area (Å²) in [5, 5.41) is 11.9. The summed E-state index contributed by atoms with van der Waals surface area (Å²) in [7, 11) is 0. The molecule has 2 N–H and O–H groups in total. The monoisotopic (exact) mass is 279 g/mol. The van der Waals surface area contributed by atoms with E-state index < -0.39 is 5.97 Å². The molecule has 0 unspecified atom stereocenters. The van der Waals surface area contributed by atoms with Gasteiger partial charge in [0.1, 0.15) is 11.4 Å². The number of rotatable bonds is 4. The number of aromatic nitrogens is 1. The number of carboxylic acids is 1. The Kier molecular flexibility index (Phi) is 4.52. The number of hydrogen-bond acceptors (Lipinski definition) is 5. The van der Waals surface area contributed by atoms with Crippen molar-refractivity contribution in [3.8, 4) is 0 Å². The van der Waals surface area contributed by atoms with E-state index in [1.165, 1.54) is 12.3 Å². The molecule has 1 aromatic heterocycles. The summed E-state index contributed by atoms with van der Waals surface area (Å²) in [5.41, 5.74) is 0.479. The van der Waals surface area contributed by atoms with Gasteiger partial charge in [-0.25, -0.2) is 9.78 Å². The van der Waals surface area contributed by atoms with Crippen LogP contribution < -0.4 is 10.2 Å². The molecule has 20 heavy (non-hydrogen) atoms. The Morgan fingerprint density at radius 3 is 2.75 bits per heavy atom. The molecule has 1 fully saturated rings. The van der Waals surface area contributed by atoms with Gasteiger partial charge in [-0.2, -0.15) is 0 Å². The highest BCUT2D eigenvalue weighted by Crippen LogP contribution is 2.22. The number of aromatic carboxylic acids is 1. The molecule has 7 heteroatoms. The summed E-state index contributed by atoms with van der Waals surface area (Å²) in [5.74, 6) is -0.829. The molecule has 1 saturated heterocycles. The maximum Gasteiger partial charge on any atom is 0.339 e. The molecule has 7 nitrogen and oxygen atoms in total. The average Bonchev–Trinajstić information content (AvgIpc) is 2.48. The van der Waals surface area contributed by atoms with E-state index in [0.29, 0.717) is 44.2 Å². The number of carboxylic acid groups (broad SMARTS) is 1. The highest BCUT2D eigenvalue weighted by Gasteiger charge is 2.20. The lowest BCUT2D eigenvalue weighted by Crippen LogP contribution is -2.37. The minimum Gasteiger partial charge on any atom is -0.478 e. The Bertz CT molecular complexity index is 512. The Morgan fingerprint density at radius 2 is 2.15 bits per heavy atom. The van der Waals surface area contributed by atoms with Gasteiger partial charge in [0.25, 0.3) is 0 Å². The number of ether oxygens (including phenoxy) is 1. The first-order valence-corrected chi connectivity index (χ1v) is 6.47. The fourth-order valence-electron chi connectivity index (χ4n) is 1.96. The van der Waals surface area contributed by atoms with E-state index in [2.05, 4.69) is 10.3 Å². The number of morpholine rings is 1. The maximum atomic E-state index is 11.4. The zero-order valence-corrected chi connectivity index (χ0v) is 11.3.